The standard InChI is InChI=1S/C16H10.C8H6.CH3.O2/c1-3-9-15(10-4-1)13-7-8-14-16-11-5-2-6-12-16;1-2-8-6-4-3-5-7-8;;1-2/h1-6,9-12H;1,3-7H;1H3;/q;;-1;. The Morgan fingerprint density at radius 1 is 0.519 bits per heavy atom. The summed E-state index contributed by atoms with van der Waals surface area (Å²) in [5.74, 6) is 14.2. The van der Waals surface area contributed by atoms with Gasteiger partial charge in [0, 0.05) is 26.6 Å². The van der Waals surface area contributed by atoms with Gasteiger partial charge in [0.05, 0.1) is 0 Å². The van der Waals surface area contributed by atoms with E-state index in [9.17, 15) is 0 Å². The van der Waals surface area contributed by atoms with Crippen LogP contribution in [0.25, 0.3) is 0 Å². The largest absolute Gasteiger partial charge is 0.358 e. The molecular formula is C25H19O2-. The summed E-state index contributed by atoms with van der Waals surface area (Å²) in [6, 6.07) is 29.3. The fourth-order valence-electron chi connectivity index (χ4n) is 1.78. The van der Waals surface area contributed by atoms with Crippen molar-refractivity contribution in [3.05, 3.63) is 125 Å². The van der Waals surface area contributed by atoms with E-state index in [-0.39, 0.29) is 7.43 Å². The topological polar surface area (TPSA) is 34.1 Å². The second-order valence-electron chi connectivity index (χ2n) is 4.74. The second-order valence-corrected chi connectivity index (χ2v) is 4.74. The average molecular weight is 351 g/mol. The highest BCUT2D eigenvalue weighted by Crippen LogP contribution is 1.96. The molecule has 0 atom stereocenters. The van der Waals surface area contributed by atoms with Crippen LogP contribution in [0, 0.1) is 53.4 Å². The predicted octanol–water partition coefficient (Wildman–Crippen LogP) is 5.27. The summed E-state index contributed by atoms with van der Waals surface area (Å²) in [5.41, 5.74) is 2.92. The molecule has 0 saturated carbocycles. The van der Waals surface area contributed by atoms with Crippen molar-refractivity contribution in [1.29, 1.82) is 0 Å². The van der Waals surface area contributed by atoms with Gasteiger partial charge in [-0.1, -0.05) is 72.4 Å². The van der Waals surface area contributed by atoms with E-state index in [0.29, 0.717) is 0 Å². The van der Waals surface area contributed by atoms with Crippen molar-refractivity contribution in [2.75, 3.05) is 0 Å². The van der Waals surface area contributed by atoms with Gasteiger partial charge in [-0.2, -0.15) is 0 Å². The lowest BCUT2D eigenvalue weighted by Gasteiger charge is -1.84. The minimum absolute atomic E-state index is 0. The van der Waals surface area contributed by atoms with Gasteiger partial charge in [0.1, 0.15) is 0 Å². The monoisotopic (exact) mass is 351 g/mol. The Bertz CT molecular complexity index is 862. The first-order chi connectivity index (χ1) is 12.9. The summed E-state index contributed by atoms with van der Waals surface area (Å²) in [6.07, 6.45) is 5.10. The summed E-state index contributed by atoms with van der Waals surface area (Å²) < 4.78 is 0. The minimum Gasteiger partial charge on any atom is -0.358 e. The molecule has 0 bridgehead atoms. The second kappa shape index (κ2) is 15.5. The van der Waals surface area contributed by atoms with Crippen LogP contribution in [0.2, 0.25) is 0 Å². The number of terminal acetylenes is 1. The van der Waals surface area contributed by atoms with Crippen molar-refractivity contribution in [2.45, 2.75) is 0 Å². The molecule has 3 rings (SSSR count). The molecule has 0 aromatic heterocycles. The maximum Gasteiger partial charge on any atom is 0.0255 e. The third-order valence-corrected chi connectivity index (χ3v) is 2.96. The highest BCUT2D eigenvalue weighted by molar-refractivity contribution is 5.44. The predicted molar refractivity (Wildman–Crippen MR) is 114 cm³/mol. The number of benzene rings is 3. The van der Waals surface area contributed by atoms with Gasteiger partial charge in [-0.05, 0) is 48.2 Å². The SMILES string of the molecule is C#Cc1ccccc1.C(C#Cc1ccccc1)#Cc1ccccc1.O=O.[CH3-]. The third-order valence-electron chi connectivity index (χ3n) is 2.96. The first-order valence-corrected chi connectivity index (χ1v) is 7.69. The molecule has 0 amide bonds. The van der Waals surface area contributed by atoms with Crippen LogP contribution in [0.3, 0.4) is 0 Å². The average Bonchev–Trinajstić information content (AvgIpc) is 2.75. The summed E-state index contributed by atoms with van der Waals surface area (Å²) in [4.78, 5) is 14.0. The quantitative estimate of drug-likeness (QED) is 0.408. The fraction of sp³-hybridized carbons (Fsp3) is 0. The molecule has 0 radical (unpaired) electrons. The van der Waals surface area contributed by atoms with E-state index in [4.69, 9.17) is 16.4 Å². The normalized spacial score (nSPS) is 7.37. The Morgan fingerprint density at radius 3 is 1.07 bits per heavy atom. The van der Waals surface area contributed by atoms with Gasteiger partial charge in [0.2, 0.25) is 0 Å². The third kappa shape index (κ3) is 10.4. The molecule has 0 aliphatic heterocycles. The van der Waals surface area contributed by atoms with Crippen molar-refractivity contribution < 1.29 is 0 Å². The number of hydrogen-bond acceptors (Lipinski definition) is 2. The molecule has 0 N–H and O–H groups in total. The molecule has 0 aliphatic carbocycles. The minimum atomic E-state index is 0. The van der Waals surface area contributed by atoms with Gasteiger partial charge < -0.3 is 7.43 Å². The van der Waals surface area contributed by atoms with E-state index in [2.05, 4.69) is 29.6 Å². The van der Waals surface area contributed by atoms with Gasteiger partial charge in [0.25, 0.3) is 0 Å². The molecule has 27 heavy (non-hydrogen) atoms. The van der Waals surface area contributed by atoms with Crippen LogP contribution < -0.4 is 0 Å². The first-order valence-electron chi connectivity index (χ1n) is 7.69. The lowest BCUT2D eigenvalue weighted by atomic mass is 10.2. The molecule has 0 heterocycles. The zero-order valence-electron chi connectivity index (χ0n) is 15.1. The number of rotatable bonds is 0. The Kier molecular flexibility index (Phi) is 13.1. The van der Waals surface area contributed by atoms with E-state index in [0.717, 1.165) is 16.7 Å². The van der Waals surface area contributed by atoms with Crippen LogP contribution in [-0.2, 0) is 0 Å². The Hall–Kier alpha value is -4.06. The zero-order chi connectivity index (χ0) is 18.9. The summed E-state index contributed by atoms with van der Waals surface area (Å²) in [5, 5.41) is 0. The lowest BCUT2D eigenvalue weighted by Crippen LogP contribution is -1.71. The zero-order valence-corrected chi connectivity index (χ0v) is 15.1. The van der Waals surface area contributed by atoms with E-state index in [1.165, 1.54) is 0 Å². The van der Waals surface area contributed by atoms with Crippen molar-refractivity contribution in [1.82, 2.24) is 0 Å². The van der Waals surface area contributed by atoms with E-state index in [1.807, 2.05) is 91.0 Å². The van der Waals surface area contributed by atoms with E-state index >= 15 is 0 Å². The van der Waals surface area contributed by atoms with E-state index < -0.39 is 0 Å². The highest BCUT2D eigenvalue weighted by atomic mass is 16.7. The maximum atomic E-state index is 7.00. The van der Waals surface area contributed by atoms with Crippen molar-refractivity contribution in [3.8, 4) is 36.0 Å². The van der Waals surface area contributed by atoms with Gasteiger partial charge in [-0.3, -0.25) is 0 Å². The summed E-state index contributed by atoms with van der Waals surface area (Å²) in [6.45, 7) is 0. The number of hydrogen-bond donors (Lipinski definition) is 0. The molecule has 3 aromatic carbocycles. The van der Waals surface area contributed by atoms with Gasteiger partial charge in [-0.25, -0.2) is 0 Å². The maximum absolute atomic E-state index is 7.00. The first kappa shape index (κ1) is 22.9. The molecule has 2 heteroatoms. The van der Waals surface area contributed by atoms with Crippen LogP contribution >= 0.6 is 0 Å². The summed E-state index contributed by atoms with van der Waals surface area (Å²) in [7, 11) is 0. The molecule has 132 valence electrons. The lowest BCUT2D eigenvalue weighted by molar-refractivity contribution is 1.65. The van der Waals surface area contributed by atoms with Crippen molar-refractivity contribution in [2.24, 2.45) is 0 Å². The van der Waals surface area contributed by atoms with Gasteiger partial charge in [0.15, 0.2) is 0 Å². The van der Waals surface area contributed by atoms with Crippen molar-refractivity contribution in [3.63, 3.8) is 0 Å². The smallest absolute Gasteiger partial charge is 0.0255 e. The molecule has 0 unspecified atom stereocenters. The Labute approximate surface area is 161 Å². The molecule has 0 spiro atoms. The van der Waals surface area contributed by atoms with Crippen LogP contribution in [0.5, 0.6) is 0 Å². The van der Waals surface area contributed by atoms with Crippen LogP contribution in [0.15, 0.2) is 91.0 Å². The molecule has 2 nitrogen and oxygen atoms in total. The highest BCUT2D eigenvalue weighted by Gasteiger charge is 1.81. The summed E-state index contributed by atoms with van der Waals surface area (Å²) >= 11 is 0. The van der Waals surface area contributed by atoms with Crippen LogP contribution in [-0.4, -0.2) is 0 Å². The Morgan fingerprint density at radius 2 is 0.815 bits per heavy atom. The molecule has 3 aromatic rings. The van der Waals surface area contributed by atoms with E-state index in [1.54, 1.807) is 0 Å². The molecule has 0 saturated heterocycles. The van der Waals surface area contributed by atoms with Gasteiger partial charge in [-0.15, -0.1) is 6.42 Å². The van der Waals surface area contributed by atoms with Crippen LogP contribution in [0.1, 0.15) is 16.7 Å². The van der Waals surface area contributed by atoms with Crippen molar-refractivity contribution >= 4 is 0 Å². The van der Waals surface area contributed by atoms with Gasteiger partial charge >= 0.3 is 0 Å². The molecule has 0 aliphatic rings. The Balaban J connectivity index is 0.000000522. The fourth-order valence-corrected chi connectivity index (χ4v) is 1.78. The van der Waals surface area contributed by atoms with Crippen LogP contribution in [0.4, 0.5) is 0 Å². The molecular weight excluding hydrogens is 332 g/mol. The molecule has 0 fully saturated rings.